The molecule has 0 radical (unpaired) electrons. The van der Waals surface area contributed by atoms with Crippen molar-refractivity contribution in [1.82, 2.24) is 29.6 Å². The van der Waals surface area contributed by atoms with Gasteiger partial charge in [0.25, 0.3) is 0 Å². The van der Waals surface area contributed by atoms with Crippen molar-refractivity contribution in [1.29, 1.82) is 0 Å². The van der Waals surface area contributed by atoms with Crippen LogP contribution in [-0.4, -0.2) is 55.7 Å². The molecule has 170 valence electrons. The number of piperidine rings is 1. The standard InChI is InChI=1S/C23H31N7OS/c1-14-11-24-23(27-20(14)21-15(2)12-25-29(21)6)30-9-7-18(8-10-30)22(31)28(5)13-19-16(3)26-17(4)32-19/h11-12,18H,7-10,13H2,1-6H3. The largest absolute Gasteiger partial charge is 0.341 e. The van der Waals surface area contributed by atoms with E-state index in [0.29, 0.717) is 6.54 Å². The Kier molecular flexibility index (Phi) is 6.28. The van der Waals surface area contributed by atoms with Crippen LogP contribution >= 0.6 is 11.3 Å². The summed E-state index contributed by atoms with van der Waals surface area (Å²) in [5, 5.41) is 5.40. The maximum absolute atomic E-state index is 13.0. The topological polar surface area (TPSA) is 80.0 Å². The third kappa shape index (κ3) is 4.39. The number of hydrogen-bond acceptors (Lipinski definition) is 7. The van der Waals surface area contributed by atoms with E-state index < -0.39 is 0 Å². The zero-order chi connectivity index (χ0) is 23.0. The second kappa shape index (κ2) is 8.97. The predicted octanol–water partition coefficient (Wildman–Crippen LogP) is 3.44. The van der Waals surface area contributed by atoms with Gasteiger partial charge in [0.2, 0.25) is 11.9 Å². The van der Waals surface area contributed by atoms with Gasteiger partial charge >= 0.3 is 0 Å². The van der Waals surface area contributed by atoms with Gasteiger partial charge in [0.05, 0.1) is 34.8 Å². The van der Waals surface area contributed by atoms with E-state index in [-0.39, 0.29) is 11.8 Å². The third-order valence-corrected chi connectivity index (χ3v) is 7.25. The first kappa shape index (κ1) is 22.4. The van der Waals surface area contributed by atoms with Gasteiger partial charge < -0.3 is 9.80 Å². The van der Waals surface area contributed by atoms with E-state index in [2.05, 4.69) is 20.0 Å². The maximum atomic E-state index is 13.0. The molecule has 9 heteroatoms. The summed E-state index contributed by atoms with van der Waals surface area (Å²) >= 11 is 1.67. The zero-order valence-electron chi connectivity index (χ0n) is 19.7. The fourth-order valence-electron chi connectivity index (χ4n) is 4.36. The molecule has 1 saturated heterocycles. The Labute approximate surface area is 193 Å². The third-order valence-electron chi connectivity index (χ3n) is 6.19. The first-order chi connectivity index (χ1) is 15.2. The van der Waals surface area contributed by atoms with Crippen LogP contribution in [0.1, 0.15) is 39.5 Å². The smallest absolute Gasteiger partial charge is 0.225 e. The molecule has 8 nitrogen and oxygen atoms in total. The molecule has 0 N–H and O–H groups in total. The van der Waals surface area contributed by atoms with Crippen molar-refractivity contribution in [2.45, 2.75) is 47.1 Å². The Morgan fingerprint density at radius 1 is 1.12 bits per heavy atom. The van der Waals surface area contributed by atoms with Crippen molar-refractivity contribution in [2.75, 3.05) is 25.0 Å². The highest BCUT2D eigenvalue weighted by molar-refractivity contribution is 7.11. The lowest BCUT2D eigenvalue weighted by molar-refractivity contribution is -0.135. The summed E-state index contributed by atoms with van der Waals surface area (Å²) in [6.07, 6.45) is 5.36. The summed E-state index contributed by atoms with van der Waals surface area (Å²) in [5.74, 6) is 0.974. The van der Waals surface area contributed by atoms with Crippen LogP contribution in [0.3, 0.4) is 0 Å². The van der Waals surface area contributed by atoms with E-state index in [1.165, 1.54) is 4.88 Å². The van der Waals surface area contributed by atoms with Crippen molar-refractivity contribution >= 4 is 23.2 Å². The van der Waals surface area contributed by atoms with Crippen molar-refractivity contribution in [3.8, 4) is 11.4 Å². The summed E-state index contributed by atoms with van der Waals surface area (Å²) in [5.41, 5.74) is 5.09. The Bertz CT molecular complexity index is 1110. The van der Waals surface area contributed by atoms with Crippen LogP contribution in [0.4, 0.5) is 5.95 Å². The van der Waals surface area contributed by atoms with Crippen molar-refractivity contribution < 1.29 is 4.79 Å². The molecule has 32 heavy (non-hydrogen) atoms. The van der Waals surface area contributed by atoms with Crippen LogP contribution in [0.5, 0.6) is 0 Å². The number of aromatic nitrogens is 5. The van der Waals surface area contributed by atoms with E-state index in [1.807, 2.05) is 63.8 Å². The molecule has 1 aliphatic rings. The Morgan fingerprint density at radius 2 is 1.84 bits per heavy atom. The molecule has 4 heterocycles. The van der Waals surface area contributed by atoms with Crippen molar-refractivity contribution in [3.05, 3.63) is 39.1 Å². The maximum Gasteiger partial charge on any atom is 0.225 e. The minimum atomic E-state index is 0.0369. The molecule has 4 rings (SSSR count). The highest BCUT2D eigenvalue weighted by Gasteiger charge is 2.29. The SMILES string of the molecule is Cc1nc(C)c(CN(C)C(=O)C2CCN(c3ncc(C)c(-c4c(C)cnn4C)n3)CC2)s1. The molecule has 3 aromatic heterocycles. The number of aryl methyl sites for hydroxylation is 5. The minimum Gasteiger partial charge on any atom is -0.341 e. The molecule has 0 atom stereocenters. The Balaban J connectivity index is 1.42. The molecular formula is C23H31N7OS. The lowest BCUT2D eigenvalue weighted by atomic mass is 9.95. The van der Waals surface area contributed by atoms with Gasteiger partial charge in [0.15, 0.2) is 0 Å². The number of nitrogens with zero attached hydrogens (tertiary/aromatic N) is 7. The van der Waals surface area contributed by atoms with E-state index >= 15 is 0 Å². The molecule has 0 aromatic carbocycles. The molecule has 0 bridgehead atoms. The average molecular weight is 454 g/mol. The molecule has 3 aromatic rings. The number of amides is 1. The van der Waals surface area contributed by atoms with Gasteiger partial charge in [-0.25, -0.2) is 15.0 Å². The van der Waals surface area contributed by atoms with E-state index in [1.54, 1.807) is 11.3 Å². The highest BCUT2D eigenvalue weighted by Crippen LogP contribution is 2.28. The fraction of sp³-hybridized carbons (Fsp3) is 0.522. The molecule has 1 amide bonds. The monoisotopic (exact) mass is 453 g/mol. The first-order valence-corrected chi connectivity index (χ1v) is 11.8. The number of hydrogen-bond donors (Lipinski definition) is 0. The molecule has 0 unspecified atom stereocenters. The normalized spacial score (nSPS) is 14.8. The van der Waals surface area contributed by atoms with Gasteiger partial charge in [-0.1, -0.05) is 0 Å². The van der Waals surface area contributed by atoms with Crippen LogP contribution < -0.4 is 4.90 Å². The van der Waals surface area contributed by atoms with Gasteiger partial charge in [-0.3, -0.25) is 9.48 Å². The molecule has 1 fully saturated rings. The molecule has 0 aliphatic carbocycles. The Hall–Kier alpha value is -2.81. The van der Waals surface area contributed by atoms with Crippen LogP contribution in [0.25, 0.3) is 11.4 Å². The fourth-order valence-corrected chi connectivity index (χ4v) is 5.35. The quantitative estimate of drug-likeness (QED) is 0.589. The highest BCUT2D eigenvalue weighted by atomic mass is 32.1. The number of rotatable bonds is 5. The second-order valence-electron chi connectivity index (χ2n) is 8.70. The summed E-state index contributed by atoms with van der Waals surface area (Å²) in [7, 11) is 3.83. The van der Waals surface area contributed by atoms with E-state index in [0.717, 1.165) is 65.1 Å². The number of carbonyl (C=O) groups is 1. The lowest BCUT2D eigenvalue weighted by Gasteiger charge is -2.33. The average Bonchev–Trinajstić information content (AvgIpc) is 3.27. The predicted molar refractivity (Wildman–Crippen MR) is 127 cm³/mol. The van der Waals surface area contributed by atoms with Crippen LogP contribution in [0, 0.1) is 33.6 Å². The molecule has 1 aliphatic heterocycles. The van der Waals surface area contributed by atoms with Gasteiger partial charge in [0, 0.05) is 44.2 Å². The van der Waals surface area contributed by atoms with Gasteiger partial charge in [0.1, 0.15) is 0 Å². The summed E-state index contributed by atoms with van der Waals surface area (Å²) < 4.78 is 1.86. The van der Waals surface area contributed by atoms with Gasteiger partial charge in [-0.15, -0.1) is 11.3 Å². The van der Waals surface area contributed by atoms with Gasteiger partial charge in [-0.05, 0) is 51.7 Å². The summed E-state index contributed by atoms with van der Waals surface area (Å²) in [6.45, 7) is 10.3. The van der Waals surface area contributed by atoms with Crippen molar-refractivity contribution in [3.63, 3.8) is 0 Å². The Morgan fingerprint density at radius 3 is 2.44 bits per heavy atom. The number of thiazole rings is 1. The first-order valence-electron chi connectivity index (χ1n) is 11.0. The van der Waals surface area contributed by atoms with Gasteiger partial charge in [-0.2, -0.15) is 5.10 Å². The van der Waals surface area contributed by atoms with Crippen LogP contribution in [0.15, 0.2) is 12.4 Å². The zero-order valence-corrected chi connectivity index (χ0v) is 20.5. The molecular weight excluding hydrogens is 422 g/mol. The molecule has 0 spiro atoms. The second-order valence-corrected chi connectivity index (χ2v) is 9.99. The number of anilines is 1. The van der Waals surface area contributed by atoms with Crippen LogP contribution in [-0.2, 0) is 18.4 Å². The van der Waals surface area contributed by atoms with E-state index in [9.17, 15) is 4.79 Å². The summed E-state index contributed by atoms with van der Waals surface area (Å²) in [6, 6.07) is 0. The number of carbonyl (C=O) groups excluding carboxylic acids is 1. The lowest BCUT2D eigenvalue weighted by Crippen LogP contribution is -2.41. The van der Waals surface area contributed by atoms with Crippen molar-refractivity contribution in [2.24, 2.45) is 13.0 Å². The molecule has 0 saturated carbocycles. The van der Waals surface area contributed by atoms with E-state index in [4.69, 9.17) is 4.98 Å². The minimum absolute atomic E-state index is 0.0369. The summed E-state index contributed by atoms with van der Waals surface area (Å²) in [4.78, 5) is 32.2. The van der Waals surface area contributed by atoms with Crippen LogP contribution in [0.2, 0.25) is 0 Å².